The van der Waals surface area contributed by atoms with Crippen LogP contribution in [0, 0.1) is 0 Å². The van der Waals surface area contributed by atoms with E-state index in [4.69, 9.17) is 4.74 Å². The van der Waals surface area contributed by atoms with Gasteiger partial charge in [0.1, 0.15) is 0 Å². The molecule has 0 aliphatic heterocycles. The number of esters is 1. The Hall–Kier alpha value is -1.46. The van der Waals surface area contributed by atoms with Crippen LogP contribution in [0.2, 0.25) is 0 Å². The molecule has 1 rings (SSSR count). The molecule has 1 N–H and O–H groups in total. The Morgan fingerprint density at radius 2 is 1.91 bits per heavy atom. The summed E-state index contributed by atoms with van der Waals surface area (Å²) in [4.78, 5) is 12.2. The predicted octanol–water partition coefficient (Wildman–Crippen LogP) is 3.29. The van der Waals surface area contributed by atoms with E-state index in [9.17, 15) is 9.00 Å². The largest absolute Gasteiger partial charge is 0.463 e. The highest BCUT2D eigenvalue weighted by Gasteiger charge is 2.28. The molecule has 0 unspecified atom stereocenters. The van der Waals surface area contributed by atoms with Gasteiger partial charge in [0.05, 0.1) is 34.0 Å². The van der Waals surface area contributed by atoms with Gasteiger partial charge in [-0.25, -0.2) is 13.7 Å². The fourth-order valence-corrected chi connectivity index (χ4v) is 2.69. The van der Waals surface area contributed by atoms with E-state index in [1.807, 2.05) is 51.1 Å². The van der Waals surface area contributed by atoms with Crippen LogP contribution < -0.4 is 4.72 Å². The second kappa shape index (κ2) is 8.25. The van der Waals surface area contributed by atoms with Crippen LogP contribution in [0.1, 0.15) is 46.2 Å². The summed E-state index contributed by atoms with van der Waals surface area (Å²) in [6.45, 7) is 9.51. The fraction of sp³-hybridized carbons (Fsp3) is 0.471. The molecule has 0 aliphatic carbocycles. The van der Waals surface area contributed by atoms with Gasteiger partial charge in [0, 0.05) is 0 Å². The van der Waals surface area contributed by atoms with Crippen LogP contribution in [0.15, 0.2) is 42.0 Å². The van der Waals surface area contributed by atoms with Gasteiger partial charge in [-0.3, -0.25) is 0 Å². The summed E-state index contributed by atoms with van der Waals surface area (Å²) in [5.74, 6) is -0.391. The number of rotatable bonds is 6. The van der Waals surface area contributed by atoms with Crippen molar-refractivity contribution in [2.24, 2.45) is 0 Å². The van der Waals surface area contributed by atoms with E-state index in [1.165, 1.54) is 0 Å². The smallest absolute Gasteiger partial charge is 0.335 e. The lowest BCUT2D eigenvalue weighted by atomic mass is 9.99. The number of benzene rings is 1. The second-order valence-corrected chi connectivity index (χ2v) is 7.81. The summed E-state index contributed by atoms with van der Waals surface area (Å²) in [5.41, 5.74) is 1.34. The first-order chi connectivity index (χ1) is 10.3. The van der Waals surface area contributed by atoms with Crippen LogP contribution >= 0.6 is 0 Å². The number of carbonyl (C=O) groups is 1. The van der Waals surface area contributed by atoms with E-state index >= 15 is 0 Å². The zero-order valence-electron chi connectivity index (χ0n) is 13.9. The van der Waals surface area contributed by atoms with E-state index in [-0.39, 0.29) is 0 Å². The van der Waals surface area contributed by atoms with Crippen molar-refractivity contribution in [3.63, 3.8) is 0 Å². The van der Waals surface area contributed by atoms with Crippen molar-refractivity contribution in [3.8, 4) is 0 Å². The lowest BCUT2D eigenvalue weighted by molar-refractivity contribution is -0.138. The lowest BCUT2D eigenvalue weighted by Crippen LogP contribution is -2.37. The van der Waals surface area contributed by atoms with E-state index in [0.717, 1.165) is 5.56 Å². The van der Waals surface area contributed by atoms with Gasteiger partial charge < -0.3 is 4.74 Å². The van der Waals surface area contributed by atoms with E-state index in [2.05, 4.69) is 4.72 Å². The Morgan fingerprint density at radius 1 is 1.32 bits per heavy atom. The zero-order chi connectivity index (χ0) is 16.8. The van der Waals surface area contributed by atoms with Gasteiger partial charge in [0.15, 0.2) is 0 Å². The quantitative estimate of drug-likeness (QED) is 0.645. The molecular formula is C17H25NO3S. The third-order valence-electron chi connectivity index (χ3n) is 3.05. The number of hydrogen-bond donors (Lipinski definition) is 1. The first-order valence-electron chi connectivity index (χ1n) is 7.37. The summed E-state index contributed by atoms with van der Waals surface area (Å²) >= 11 is 0. The topological polar surface area (TPSA) is 55.4 Å². The van der Waals surface area contributed by atoms with E-state index in [0.29, 0.717) is 12.2 Å². The Bertz CT molecular complexity index is 547. The summed E-state index contributed by atoms with van der Waals surface area (Å²) in [7, 11) is -1.31. The molecule has 22 heavy (non-hydrogen) atoms. The lowest BCUT2D eigenvalue weighted by Gasteiger charge is -2.25. The van der Waals surface area contributed by atoms with Crippen molar-refractivity contribution in [2.45, 2.75) is 45.4 Å². The normalized spacial score (nSPS) is 15.2. The van der Waals surface area contributed by atoms with Crippen molar-refractivity contribution in [1.29, 1.82) is 0 Å². The van der Waals surface area contributed by atoms with Crippen molar-refractivity contribution in [1.82, 2.24) is 4.72 Å². The highest BCUT2D eigenvalue weighted by atomic mass is 32.2. The van der Waals surface area contributed by atoms with Gasteiger partial charge in [-0.15, -0.1) is 0 Å². The molecule has 0 amide bonds. The molecule has 2 atom stereocenters. The summed E-state index contributed by atoms with van der Waals surface area (Å²) in [6, 6.07) is 9.03. The molecule has 0 saturated heterocycles. The van der Waals surface area contributed by atoms with E-state index < -0.39 is 27.7 Å². The number of allylic oxidation sites excluding steroid dienone is 1. The Balaban J connectivity index is 3.17. The van der Waals surface area contributed by atoms with Crippen LogP contribution in [-0.2, 0) is 20.5 Å². The van der Waals surface area contributed by atoms with Gasteiger partial charge in [0.25, 0.3) is 0 Å². The van der Waals surface area contributed by atoms with E-state index in [1.54, 1.807) is 19.9 Å². The number of carbonyl (C=O) groups excluding carboxylic acids is 1. The molecule has 5 heteroatoms. The predicted molar refractivity (Wildman–Crippen MR) is 90.6 cm³/mol. The molecule has 0 radical (unpaired) electrons. The molecule has 122 valence electrons. The monoisotopic (exact) mass is 323 g/mol. The molecular weight excluding hydrogens is 298 g/mol. The minimum absolute atomic E-state index is 0.306. The summed E-state index contributed by atoms with van der Waals surface area (Å²) in [6.07, 6.45) is 1.71. The first kappa shape index (κ1) is 18.6. The number of nitrogens with one attached hydrogen (secondary N) is 1. The van der Waals surface area contributed by atoms with Crippen molar-refractivity contribution in [3.05, 3.63) is 47.5 Å². The van der Waals surface area contributed by atoms with Crippen LogP contribution in [0.25, 0.3) is 0 Å². The average Bonchev–Trinajstić information content (AvgIpc) is 2.47. The van der Waals surface area contributed by atoms with Crippen molar-refractivity contribution < 1.29 is 13.7 Å². The molecule has 1 aromatic carbocycles. The molecule has 0 saturated carbocycles. The molecule has 1 aromatic rings. The SMILES string of the molecule is C/C=C(\C(=O)OCC)[C@@H](N[S@](=O)C(C)(C)C)c1ccccc1. The minimum Gasteiger partial charge on any atom is -0.463 e. The second-order valence-electron chi connectivity index (χ2n) is 5.81. The molecule has 0 aliphatic rings. The maximum absolute atomic E-state index is 12.5. The Kier molecular flexibility index (Phi) is 6.97. The Morgan fingerprint density at radius 3 is 2.36 bits per heavy atom. The van der Waals surface area contributed by atoms with Crippen LogP contribution in [0.3, 0.4) is 0 Å². The van der Waals surface area contributed by atoms with Gasteiger partial charge in [0.2, 0.25) is 0 Å². The van der Waals surface area contributed by atoms with Crippen LogP contribution in [-0.4, -0.2) is 21.5 Å². The maximum Gasteiger partial charge on any atom is 0.335 e. The third kappa shape index (κ3) is 5.07. The van der Waals surface area contributed by atoms with Crippen LogP contribution in [0.4, 0.5) is 0 Å². The highest BCUT2D eigenvalue weighted by Crippen LogP contribution is 2.25. The third-order valence-corrected chi connectivity index (χ3v) is 4.61. The minimum atomic E-state index is -1.31. The highest BCUT2D eigenvalue weighted by molar-refractivity contribution is 7.84. The standard InChI is InChI=1S/C17H25NO3S/c1-6-14(16(19)21-7-2)15(13-11-9-8-10-12-13)18-22(20)17(3,4)5/h6,8-12,15,18H,7H2,1-5H3/b14-6-/t15-,22+/m0/s1. The summed E-state index contributed by atoms with van der Waals surface area (Å²) in [5, 5.41) is 0. The summed E-state index contributed by atoms with van der Waals surface area (Å²) < 4.78 is 20.2. The molecule has 0 heterocycles. The molecule has 0 bridgehead atoms. The average molecular weight is 323 g/mol. The number of hydrogen-bond acceptors (Lipinski definition) is 3. The molecule has 4 nitrogen and oxygen atoms in total. The molecule has 0 fully saturated rings. The number of ether oxygens (including phenoxy) is 1. The van der Waals surface area contributed by atoms with Gasteiger partial charge >= 0.3 is 5.97 Å². The Labute approximate surface area is 135 Å². The zero-order valence-corrected chi connectivity index (χ0v) is 14.7. The first-order valence-corrected chi connectivity index (χ1v) is 8.52. The van der Waals surface area contributed by atoms with Gasteiger partial charge in [-0.2, -0.15) is 0 Å². The van der Waals surface area contributed by atoms with Crippen molar-refractivity contribution in [2.75, 3.05) is 6.61 Å². The van der Waals surface area contributed by atoms with Crippen molar-refractivity contribution >= 4 is 17.0 Å². The fourth-order valence-electron chi connectivity index (χ4n) is 1.86. The van der Waals surface area contributed by atoms with Crippen LogP contribution in [0.5, 0.6) is 0 Å². The molecule has 0 aromatic heterocycles. The molecule has 0 spiro atoms. The maximum atomic E-state index is 12.5. The van der Waals surface area contributed by atoms with Gasteiger partial charge in [-0.05, 0) is 40.2 Å². The van der Waals surface area contributed by atoms with Gasteiger partial charge in [-0.1, -0.05) is 36.4 Å².